The number of nitrogens with zero attached hydrogens (tertiary/aromatic N) is 7. The summed E-state index contributed by atoms with van der Waals surface area (Å²) in [6, 6.07) is 23.1. The Bertz CT molecular complexity index is 2410. The van der Waals surface area contributed by atoms with E-state index in [2.05, 4.69) is 57.0 Å². The number of benzene rings is 3. The van der Waals surface area contributed by atoms with Crippen LogP contribution in [-0.2, 0) is 21.6 Å². The highest BCUT2D eigenvalue weighted by Gasteiger charge is 2.45. The fraction of sp³-hybridized carbons (Fsp3) is 0.426. The molecule has 4 amide bonds. The summed E-state index contributed by atoms with van der Waals surface area (Å²) in [7, 11) is 0. The first kappa shape index (κ1) is 40.7. The number of imide groups is 2. The largest absolute Gasteiger partial charge is 0.487 e. The first-order chi connectivity index (χ1) is 29.4. The van der Waals surface area contributed by atoms with Gasteiger partial charge in [-0.2, -0.15) is 5.26 Å². The van der Waals surface area contributed by atoms with Crippen molar-refractivity contribution in [3.8, 4) is 11.8 Å². The molecule has 4 fully saturated rings. The molecule has 0 saturated carbocycles. The maximum absolute atomic E-state index is 13.3. The highest BCUT2D eigenvalue weighted by molar-refractivity contribution is 6.30. The van der Waals surface area contributed by atoms with Gasteiger partial charge in [-0.05, 0) is 111 Å². The third-order valence-corrected chi connectivity index (χ3v) is 13.7. The lowest BCUT2D eigenvalue weighted by molar-refractivity contribution is -0.136. The van der Waals surface area contributed by atoms with E-state index in [4.69, 9.17) is 21.3 Å². The number of likely N-dealkylation sites (tertiary alicyclic amines) is 2. The fourth-order valence-electron chi connectivity index (χ4n) is 9.69. The maximum Gasteiger partial charge on any atom is 0.262 e. The number of hydrogen-bond donors (Lipinski definition) is 1. The van der Waals surface area contributed by atoms with Crippen molar-refractivity contribution in [3.05, 3.63) is 117 Å². The van der Waals surface area contributed by atoms with E-state index in [1.807, 2.05) is 42.6 Å². The zero-order valence-electron chi connectivity index (χ0n) is 34.5. The van der Waals surface area contributed by atoms with Gasteiger partial charge in [-0.3, -0.25) is 34.3 Å². The molecule has 0 aliphatic carbocycles. The summed E-state index contributed by atoms with van der Waals surface area (Å²) in [5, 5.41) is 12.2. The summed E-state index contributed by atoms with van der Waals surface area (Å²) in [5.74, 6) is 0.0347. The molecule has 1 atom stereocenters. The number of piperidine rings is 3. The lowest BCUT2D eigenvalue weighted by Crippen LogP contribution is -2.62. The van der Waals surface area contributed by atoms with Crippen molar-refractivity contribution < 1.29 is 23.9 Å². The number of amides is 4. The molecule has 14 heteroatoms. The van der Waals surface area contributed by atoms with Crippen molar-refractivity contribution in [1.29, 1.82) is 5.26 Å². The van der Waals surface area contributed by atoms with Gasteiger partial charge < -0.3 is 14.5 Å². The van der Waals surface area contributed by atoms with Crippen molar-refractivity contribution in [3.63, 3.8) is 0 Å². The zero-order chi connectivity index (χ0) is 42.4. The number of carbonyl (C=O) groups is 4. The van der Waals surface area contributed by atoms with Gasteiger partial charge in [-0.1, -0.05) is 37.6 Å². The molecule has 4 saturated heterocycles. The Labute approximate surface area is 360 Å². The molecule has 1 N–H and O–H groups in total. The highest BCUT2D eigenvalue weighted by Crippen LogP contribution is 2.36. The van der Waals surface area contributed by atoms with Crippen LogP contribution in [0, 0.1) is 11.3 Å². The molecule has 0 spiro atoms. The Morgan fingerprint density at radius 1 is 0.820 bits per heavy atom. The molecule has 0 radical (unpaired) electrons. The minimum Gasteiger partial charge on any atom is -0.487 e. The van der Waals surface area contributed by atoms with E-state index < -0.39 is 23.8 Å². The quantitative estimate of drug-likeness (QED) is 0.192. The van der Waals surface area contributed by atoms with E-state index in [1.54, 1.807) is 18.2 Å². The van der Waals surface area contributed by atoms with E-state index in [0.29, 0.717) is 46.3 Å². The van der Waals surface area contributed by atoms with Crippen LogP contribution < -0.4 is 15.0 Å². The lowest BCUT2D eigenvalue weighted by Gasteiger charge is -2.50. The van der Waals surface area contributed by atoms with Crippen LogP contribution in [0.25, 0.3) is 0 Å². The molecular formula is C47H49ClN8O5. The van der Waals surface area contributed by atoms with Gasteiger partial charge in [0, 0.05) is 72.9 Å². The molecule has 3 aromatic carbocycles. The van der Waals surface area contributed by atoms with Gasteiger partial charge in [0.25, 0.3) is 11.8 Å². The number of hydrogen-bond acceptors (Lipinski definition) is 11. The van der Waals surface area contributed by atoms with Crippen LogP contribution in [0.15, 0.2) is 72.9 Å². The molecule has 4 aromatic rings. The van der Waals surface area contributed by atoms with Crippen LogP contribution >= 0.6 is 11.6 Å². The number of nitriles is 1. The number of rotatable bonds is 10. The molecule has 314 valence electrons. The summed E-state index contributed by atoms with van der Waals surface area (Å²) in [6.07, 6.45) is 6.42. The molecule has 5 aliphatic heterocycles. The number of halogens is 1. The summed E-state index contributed by atoms with van der Waals surface area (Å²) in [5.41, 5.74) is 4.66. The Morgan fingerprint density at radius 2 is 1.52 bits per heavy atom. The van der Waals surface area contributed by atoms with Crippen LogP contribution in [-0.4, -0.2) is 106 Å². The molecule has 5 aliphatic rings. The minimum atomic E-state index is -0.964. The van der Waals surface area contributed by atoms with Crippen LogP contribution in [0.2, 0.25) is 5.02 Å². The van der Waals surface area contributed by atoms with Gasteiger partial charge in [0.05, 0.1) is 28.5 Å². The fourth-order valence-corrected chi connectivity index (χ4v) is 9.92. The second kappa shape index (κ2) is 16.6. The van der Waals surface area contributed by atoms with Gasteiger partial charge in [0.1, 0.15) is 24.2 Å². The standard InChI is InChI=1S/C47H49ClN8O5/c1-47(2,32-21-29(25-49)22-33(48)23-32)31-3-6-38(7-4-31)61-28-34-11-16-50-43(51-34)30-12-17-53(18-13-30)35-14-19-54(20-15-35)37-26-55(27-37)36-5-8-39-40(24-36)46(60)56(45(39)59)41-9-10-42(57)52-44(41)58/h3-8,11,16,21-24,30,35,37,41H,9-10,12-15,17-20,26-28H2,1-2H3,(H,52,57,58). The van der Waals surface area contributed by atoms with E-state index in [1.165, 1.54) is 0 Å². The van der Waals surface area contributed by atoms with Gasteiger partial charge >= 0.3 is 0 Å². The topological polar surface area (TPSA) is 152 Å². The normalized spacial score (nSPS) is 21.0. The summed E-state index contributed by atoms with van der Waals surface area (Å²) in [6.45, 7) is 10.5. The minimum absolute atomic E-state index is 0.0986. The van der Waals surface area contributed by atoms with E-state index in [0.717, 1.165) is 104 Å². The number of aromatic nitrogens is 2. The Hall–Kier alpha value is -5.68. The monoisotopic (exact) mass is 840 g/mol. The van der Waals surface area contributed by atoms with Crippen molar-refractivity contribution in [2.24, 2.45) is 0 Å². The van der Waals surface area contributed by atoms with Crippen molar-refractivity contribution in [2.75, 3.05) is 44.2 Å². The lowest BCUT2D eigenvalue weighted by atomic mass is 9.78. The van der Waals surface area contributed by atoms with E-state index >= 15 is 0 Å². The average molecular weight is 841 g/mol. The maximum atomic E-state index is 13.3. The molecule has 61 heavy (non-hydrogen) atoms. The van der Waals surface area contributed by atoms with Gasteiger partial charge in [-0.15, -0.1) is 0 Å². The van der Waals surface area contributed by atoms with Crippen molar-refractivity contribution >= 4 is 40.9 Å². The van der Waals surface area contributed by atoms with Gasteiger partial charge in [0.15, 0.2) is 0 Å². The van der Waals surface area contributed by atoms with Crippen LogP contribution in [0.4, 0.5) is 5.69 Å². The van der Waals surface area contributed by atoms with Crippen molar-refractivity contribution in [2.45, 2.75) is 88.4 Å². The summed E-state index contributed by atoms with van der Waals surface area (Å²) in [4.78, 5) is 68.7. The number of ether oxygens (including phenoxy) is 1. The smallest absolute Gasteiger partial charge is 0.262 e. The van der Waals surface area contributed by atoms with Crippen LogP contribution in [0.5, 0.6) is 5.75 Å². The predicted molar refractivity (Wildman–Crippen MR) is 228 cm³/mol. The Morgan fingerprint density at radius 3 is 2.25 bits per heavy atom. The molecule has 1 aromatic heterocycles. The van der Waals surface area contributed by atoms with Gasteiger partial charge in [-0.25, -0.2) is 9.97 Å². The third kappa shape index (κ3) is 8.12. The predicted octanol–water partition coefficient (Wildman–Crippen LogP) is 5.84. The van der Waals surface area contributed by atoms with Gasteiger partial charge in [0.2, 0.25) is 11.8 Å². The van der Waals surface area contributed by atoms with Crippen molar-refractivity contribution in [1.82, 2.24) is 30.0 Å². The number of fused-ring (bicyclic) bond motifs is 1. The Kier molecular flexibility index (Phi) is 11.1. The van der Waals surface area contributed by atoms with Crippen LogP contribution in [0.3, 0.4) is 0 Å². The molecular weight excluding hydrogens is 792 g/mol. The third-order valence-electron chi connectivity index (χ3n) is 13.5. The first-order valence-corrected chi connectivity index (χ1v) is 21.7. The molecule has 9 rings (SSSR count). The second-order valence-electron chi connectivity index (χ2n) is 17.5. The van der Waals surface area contributed by atoms with Crippen LogP contribution in [0.1, 0.15) is 107 Å². The Balaban J connectivity index is 0.718. The summed E-state index contributed by atoms with van der Waals surface area (Å²) < 4.78 is 6.16. The average Bonchev–Trinajstić information content (AvgIpc) is 3.50. The summed E-state index contributed by atoms with van der Waals surface area (Å²) >= 11 is 6.31. The number of nitrogens with one attached hydrogen (secondary N) is 1. The van der Waals surface area contributed by atoms with E-state index in [-0.39, 0.29) is 24.2 Å². The first-order valence-electron chi connectivity index (χ1n) is 21.3. The second-order valence-corrected chi connectivity index (χ2v) is 17.9. The highest BCUT2D eigenvalue weighted by atomic mass is 35.5. The zero-order valence-corrected chi connectivity index (χ0v) is 35.2. The SMILES string of the molecule is CC(C)(c1ccc(OCc2ccnc(C3CCN(C4CCN(C5CN(c6ccc7c(c6)C(=O)N(C6CCC(=O)NC6=O)C7=O)C5)CC4)CC3)n2)cc1)c1cc(Cl)cc(C#N)c1. The number of carbonyl (C=O) groups excluding carboxylic acids is 4. The molecule has 0 bridgehead atoms. The number of anilines is 1. The molecule has 6 heterocycles. The molecule has 1 unspecified atom stereocenters. The van der Waals surface area contributed by atoms with E-state index in [9.17, 15) is 24.4 Å². The molecule has 13 nitrogen and oxygen atoms in total.